The summed E-state index contributed by atoms with van der Waals surface area (Å²) in [7, 11) is 0. The van der Waals surface area contributed by atoms with Crippen LogP contribution in [0.25, 0.3) is 10.1 Å². The van der Waals surface area contributed by atoms with Gasteiger partial charge in [0.25, 0.3) is 5.91 Å². The zero-order chi connectivity index (χ0) is 13.0. The molecule has 0 saturated carbocycles. The highest BCUT2D eigenvalue weighted by Gasteiger charge is 2.11. The summed E-state index contributed by atoms with van der Waals surface area (Å²) >= 11 is 1.48. The number of fused-ring (bicyclic) bond motifs is 1. The fraction of sp³-hybridized carbons (Fsp3) is 0.357. The molecular weight excluding hydrogens is 246 g/mol. The van der Waals surface area contributed by atoms with Gasteiger partial charge in [0, 0.05) is 11.2 Å². The van der Waals surface area contributed by atoms with Gasteiger partial charge in [0.05, 0.1) is 11.0 Å². The predicted molar refractivity (Wildman–Crippen MR) is 75.1 cm³/mol. The summed E-state index contributed by atoms with van der Waals surface area (Å²) in [5.74, 6) is -0.105. The smallest absolute Gasteiger partial charge is 0.261 e. The molecule has 1 atom stereocenters. The predicted octanol–water partition coefficient (Wildman–Crippen LogP) is 2.79. The SMILES string of the molecule is CCC[C@H](O)CNC(=O)c1cc2ccccc2s1. The minimum atomic E-state index is -0.451. The molecule has 0 radical (unpaired) electrons. The van der Waals surface area contributed by atoms with Gasteiger partial charge in [0.2, 0.25) is 0 Å². The molecule has 0 aliphatic heterocycles. The van der Waals surface area contributed by atoms with Gasteiger partial charge in [-0.1, -0.05) is 31.5 Å². The third-order valence-corrected chi connectivity index (χ3v) is 3.88. The monoisotopic (exact) mass is 263 g/mol. The third kappa shape index (κ3) is 3.09. The average molecular weight is 263 g/mol. The summed E-state index contributed by atoms with van der Waals surface area (Å²) in [5.41, 5.74) is 0. The van der Waals surface area contributed by atoms with E-state index in [0.29, 0.717) is 17.8 Å². The van der Waals surface area contributed by atoms with Crippen LogP contribution < -0.4 is 5.32 Å². The molecule has 2 aromatic rings. The summed E-state index contributed by atoms with van der Waals surface area (Å²) in [5, 5.41) is 13.4. The molecule has 1 amide bonds. The van der Waals surface area contributed by atoms with Gasteiger partial charge in [-0.25, -0.2) is 0 Å². The molecular formula is C14H17NO2S. The summed E-state index contributed by atoms with van der Waals surface area (Å²) in [4.78, 5) is 12.6. The first-order valence-corrected chi connectivity index (χ1v) is 6.97. The second-order valence-electron chi connectivity index (χ2n) is 4.30. The zero-order valence-corrected chi connectivity index (χ0v) is 11.2. The fourth-order valence-electron chi connectivity index (χ4n) is 1.83. The number of rotatable bonds is 5. The maximum Gasteiger partial charge on any atom is 0.261 e. The molecule has 2 rings (SSSR count). The van der Waals surface area contributed by atoms with Crippen molar-refractivity contribution in [2.45, 2.75) is 25.9 Å². The molecule has 18 heavy (non-hydrogen) atoms. The Morgan fingerprint density at radius 3 is 2.94 bits per heavy atom. The van der Waals surface area contributed by atoms with E-state index in [4.69, 9.17) is 0 Å². The first kappa shape index (κ1) is 13.1. The van der Waals surface area contributed by atoms with Crippen molar-refractivity contribution in [3.05, 3.63) is 35.2 Å². The van der Waals surface area contributed by atoms with Gasteiger partial charge < -0.3 is 10.4 Å². The Kier molecular flexibility index (Phi) is 4.33. The van der Waals surface area contributed by atoms with Crippen molar-refractivity contribution >= 4 is 27.3 Å². The molecule has 96 valence electrons. The van der Waals surface area contributed by atoms with Crippen LogP contribution in [0.4, 0.5) is 0 Å². The number of carbonyl (C=O) groups excluding carboxylic acids is 1. The van der Waals surface area contributed by atoms with Crippen LogP contribution in [-0.2, 0) is 0 Å². The molecule has 0 fully saturated rings. The summed E-state index contributed by atoms with van der Waals surface area (Å²) < 4.78 is 1.11. The second-order valence-corrected chi connectivity index (χ2v) is 5.38. The van der Waals surface area contributed by atoms with E-state index in [1.165, 1.54) is 11.3 Å². The Morgan fingerprint density at radius 1 is 1.44 bits per heavy atom. The Hall–Kier alpha value is -1.39. The van der Waals surface area contributed by atoms with E-state index in [1.807, 2.05) is 37.3 Å². The number of hydrogen-bond donors (Lipinski definition) is 2. The third-order valence-electron chi connectivity index (χ3n) is 2.77. The summed E-state index contributed by atoms with van der Waals surface area (Å²) in [6.07, 6.45) is 1.18. The first-order valence-electron chi connectivity index (χ1n) is 6.15. The zero-order valence-electron chi connectivity index (χ0n) is 10.3. The molecule has 2 N–H and O–H groups in total. The van der Waals surface area contributed by atoms with Crippen LogP contribution >= 0.6 is 11.3 Å². The summed E-state index contributed by atoms with van der Waals surface area (Å²) in [6, 6.07) is 9.81. The number of benzene rings is 1. The van der Waals surface area contributed by atoms with Gasteiger partial charge in [-0.3, -0.25) is 4.79 Å². The minimum Gasteiger partial charge on any atom is -0.391 e. The standard InChI is InChI=1S/C14H17NO2S/c1-2-5-11(16)9-15-14(17)13-8-10-6-3-4-7-12(10)18-13/h3-4,6-8,11,16H,2,5,9H2,1H3,(H,15,17)/t11-/m0/s1. The number of amides is 1. The lowest BCUT2D eigenvalue weighted by molar-refractivity contribution is 0.0914. The van der Waals surface area contributed by atoms with E-state index in [0.717, 1.165) is 16.5 Å². The molecule has 1 aromatic carbocycles. The largest absolute Gasteiger partial charge is 0.391 e. The number of nitrogens with one attached hydrogen (secondary N) is 1. The lowest BCUT2D eigenvalue weighted by Crippen LogP contribution is -2.31. The van der Waals surface area contributed by atoms with Crippen molar-refractivity contribution in [2.75, 3.05) is 6.54 Å². The fourth-order valence-corrected chi connectivity index (χ4v) is 2.81. The average Bonchev–Trinajstić information content (AvgIpc) is 2.80. The second kappa shape index (κ2) is 5.98. The molecule has 4 heteroatoms. The molecule has 0 spiro atoms. The van der Waals surface area contributed by atoms with E-state index >= 15 is 0 Å². The van der Waals surface area contributed by atoms with Crippen LogP contribution in [0.15, 0.2) is 30.3 Å². The van der Waals surface area contributed by atoms with Crippen LogP contribution in [-0.4, -0.2) is 23.7 Å². The Labute approximate surface area is 110 Å². The van der Waals surface area contributed by atoms with Crippen molar-refractivity contribution in [3.63, 3.8) is 0 Å². The van der Waals surface area contributed by atoms with E-state index in [2.05, 4.69) is 5.32 Å². The Balaban J connectivity index is 2.00. The summed E-state index contributed by atoms with van der Waals surface area (Å²) in [6.45, 7) is 2.33. The minimum absolute atomic E-state index is 0.105. The molecule has 1 heterocycles. The van der Waals surface area contributed by atoms with Crippen LogP contribution in [0, 0.1) is 0 Å². The topological polar surface area (TPSA) is 49.3 Å². The van der Waals surface area contributed by atoms with Crippen molar-refractivity contribution in [2.24, 2.45) is 0 Å². The normalized spacial score (nSPS) is 12.6. The van der Waals surface area contributed by atoms with Crippen LogP contribution in [0.1, 0.15) is 29.4 Å². The number of aliphatic hydroxyl groups excluding tert-OH is 1. The molecule has 1 aromatic heterocycles. The highest BCUT2D eigenvalue weighted by molar-refractivity contribution is 7.20. The highest BCUT2D eigenvalue weighted by Crippen LogP contribution is 2.24. The van der Waals surface area contributed by atoms with Crippen LogP contribution in [0.3, 0.4) is 0 Å². The van der Waals surface area contributed by atoms with Gasteiger partial charge in [-0.05, 0) is 23.9 Å². The van der Waals surface area contributed by atoms with Crippen molar-refractivity contribution in [1.29, 1.82) is 0 Å². The van der Waals surface area contributed by atoms with E-state index < -0.39 is 6.10 Å². The van der Waals surface area contributed by atoms with Gasteiger partial charge in [-0.15, -0.1) is 11.3 Å². The quantitative estimate of drug-likeness (QED) is 0.871. The molecule has 0 bridgehead atoms. The highest BCUT2D eigenvalue weighted by atomic mass is 32.1. The first-order chi connectivity index (χ1) is 8.70. The molecule has 0 unspecified atom stereocenters. The van der Waals surface area contributed by atoms with Gasteiger partial charge in [-0.2, -0.15) is 0 Å². The van der Waals surface area contributed by atoms with Crippen LogP contribution in [0.5, 0.6) is 0 Å². The van der Waals surface area contributed by atoms with Gasteiger partial charge in [0.1, 0.15) is 0 Å². The Morgan fingerprint density at radius 2 is 2.22 bits per heavy atom. The molecule has 0 saturated heterocycles. The van der Waals surface area contributed by atoms with Gasteiger partial charge >= 0.3 is 0 Å². The number of carbonyl (C=O) groups is 1. The van der Waals surface area contributed by atoms with Gasteiger partial charge in [0.15, 0.2) is 0 Å². The molecule has 0 aliphatic carbocycles. The molecule has 3 nitrogen and oxygen atoms in total. The maximum absolute atomic E-state index is 11.9. The molecule has 0 aliphatic rings. The van der Waals surface area contributed by atoms with Crippen LogP contribution in [0.2, 0.25) is 0 Å². The number of hydrogen-bond acceptors (Lipinski definition) is 3. The lowest BCUT2D eigenvalue weighted by atomic mass is 10.2. The van der Waals surface area contributed by atoms with E-state index in [9.17, 15) is 9.90 Å². The van der Waals surface area contributed by atoms with E-state index in [1.54, 1.807) is 0 Å². The Bertz CT molecular complexity index is 502. The lowest BCUT2D eigenvalue weighted by Gasteiger charge is -2.09. The van der Waals surface area contributed by atoms with E-state index in [-0.39, 0.29) is 5.91 Å². The number of thiophene rings is 1. The maximum atomic E-state index is 11.9. The van der Waals surface area contributed by atoms with Crippen molar-refractivity contribution < 1.29 is 9.90 Å². The van der Waals surface area contributed by atoms with Crippen molar-refractivity contribution in [3.8, 4) is 0 Å². The van der Waals surface area contributed by atoms with Crippen molar-refractivity contribution in [1.82, 2.24) is 5.32 Å². The number of aliphatic hydroxyl groups is 1.